The van der Waals surface area contributed by atoms with Crippen LogP contribution in [0.25, 0.3) is 10.9 Å². The zero-order valence-electron chi connectivity index (χ0n) is 14.2. The van der Waals surface area contributed by atoms with Crippen LogP contribution in [0.2, 0.25) is 0 Å². The Morgan fingerprint density at radius 2 is 1.75 bits per heavy atom. The molecule has 128 valence electrons. The van der Waals surface area contributed by atoms with Crippen molar-refractivity contribution in [1.82, 2.24) is 14.8 Å². The number of benzene rings is 1. The highest BCUT2D eigenvalue weighted by Gasteiger charge is 2.37. The molecule has 0 spiro atoms. The van der Waals surface area contributed by atoms with Crippen molar-refractivity contribution >= 4 is 22.7 Å². The van der Waals surface area contributed by atoms with Crippen LogP contribution in [0.3, 0.4) is 0 Å². The van der Waals surface area contributed by atoms with E-state index in [2.05, 4.69) is 4.98 Å². The number of carbonyl (C=O) groups excluding carboxylic acids is 2. The van der Waals surface area contributed by atoms with Gasteiger partial charge in [-0.15, -0.1) is 0 Å². The first kappa shape index (κ1) is 16.5. The van der Waals surface area contributed by atoms with E-state index in [0.29, 0.717) is 31.7 Å². The number of rotatable bonds is 2. The number of fused-ring (bicyclic) bond motifs is 1. The molecular weight excluding hydrogens is 309 g/mol. The molecule has 24 heavy (non-hydrogen) atoms. The second kappa shape index (κ2) is 5.92. The van der Waals surface area contributed by atoms with E-state index in [1.165, 1.54) is 12.1 Å². The van der Waals surface area contributed by atoms with Crippen LogP contribution < -0.4 is 0 Å². The molecule has 0 bridgehead atoms. The molecule has 0 unspecified atom stereocenters. The van der Waals surface area contributed by atoms with Crippen LogP contribution in [-0.4, -0.2) is 52.8 Å². The predicted molar refractivity (Wildman–Crippen MR) is 90.1 cm³/mol. The predicted octanol–water partition coefficient (Wildman–Crippen LogP) is 2.28. The highest BCUT2D eigenvalue weighted by atomic mass is 19.1. The van der Waals surface area contributed by atoms with Gasteiger partial charge in [-0.25, -0.2) is 4.39 Å². The lowest BCUT2D eigenvalue weighted by atomic mass is 9.82. The molecule has 6 heteroatoms. The number of hydrogen-bond donors (Lipinski definition) is 1. The highest BCUT2D eigenvalue weighted by molar-refractivity contribution is 5.94. The smallest absolute Gasteiger partial charge is 0.232 e. The third-order valence-electron chi connectivity index (χ3n) is 4.86. The maximum absolute atomic E-state index is 13.4. The molecule has 2 heterocycles. The van der Waals surface area contributed by atoms with Crippen molar-refractivity contribution in [2.75, 3.05) is 26.2 Å². The lowest BCUT2D eigenvalue weighted by Crippen LogP contribution is -2.54. The molecule has 1 saturated heterocycles. The SMILES string of the molecule is CC(=O)N1CCN(C(=O)C(C)(C)c2c[nH]c3cc(F)ccc23)CC1. The summed E-state index contributed by atoms with van der Waals surface area (Å²) in [5.41, 5.74) is 0.817. The van der Waals surface area contributed by atoms with Crippen molar-refractivity contribution < 1.29 is 14.0 Å². The van der Waals surface area contributed by atoms with Gasteiger partial charge in [-0.3, -0.25) is 9.59 Å². The van der Waals surface area contributed by atoms with Crippen LogP contribution in [0.15, 0.2) is 24.4 Å². The number of hydrogen-bond acceptors (Lipinski definition) is 2. The average molecular weight is 331 g/mol. The van der Waals surface area contributed by atoms with Crippen LogP contribution in [0.4, 0.5) is 4.39 Å². The van der Waals surface area contributed by atoms with E-state index in [1.807, 2.05) is 18.7 Å². The minimum Gasteiger partial charge on any atom is -0.361 e. The van der Waals surface area contributed by atoms with Crippen molar-refractivity contribution in [3.05, 3.63) is 35.8 Å². The summed E-state index contributed by atoms with van der Waals surface area (Å²) in [6.07, 6.45) is 1.79. The van der Waals surface area contributed by atoms with E-state index in [-0.39, 0.29) is 17.6 Å². The number of nitrogens with zero attached hydrogens (tertiary/aromatic N) is 2. The number of halogens is 1. The molecule has 2 aromatic rings. The second-order valence-electron chi connectivity index (χ2n) is 6.82. The first-order valence-electron chi connectivity index (χ1n) is 8.12. The summed E-state index contributed by atoms with van der Waals surface area (Å²) in [5, 5.41) is 0.858. The molecule has 1 aromatic heterocycles. The van der Waals surface area contributed by atoms with E-state index in [1.54, 1.807) is 24.1 Å². The number of piperazine rings is 1. The van der Waals surface area contributed by atoms with Gasteiger partial charge in [0.15, 0.2) is 0 Å². The van der Waals surface area contributed by atoms with E-state index >= 15 is 0 Å². The molecule has 0 atom stereocenters. The number of nitrogens with one attached hydrogen (secondary N) is 1. The normalized spacial score (nSPS) is 15.8. The molecule has 2 amide bonds. The fraction of sp³-hybridized carbons (Fsp3) is 0.444. The van der Waals surface area contributed by atoms with Crippen molar-refractivity contribution in [3.63, 3.8) is 0 Å². The lowest BCUT2D eigenvalue weighted by Gasteiger charge is -2.38. The van der Waals surface area contributed by atoms with E-state index in [0.717, 1.165) is 10.9 Å². The molecule has 0 saturated carbocycles. The summed E-state index contributed by atoms with van der Waals surface area (Å²) in [6, 6.07) is 4.55. The Bertz CT molecular complexity index is 789. The Morgan fingerprint density at radius 1 is 1.12 bits per heavy atom. The summed E-state index contributed by atoms with van der Waals surface area (Å²) in [7, 11) is 0. The Morgan fingerprint density at radius 3 is 2.38 bits per heavy atom. The van der Waals surface area contributed by atoms with Gasteiger partial charge in [-0.1, -0.05) is 0 Å². The largest absolute Gasteiger partial charge is 0.361 e. The summed E-state index contributed by atoms with van der Waals surface area (Å²) < 4.78 is 13.4. The summed E-state index contributed by atoms with van der Waals surface area (Å²) in [5.74, 6) is -0.240. The maximum Gasteiger partial charge on any atom is 0.232 e. The van der Waals surface area contributed by atoms with Crippen LogP contribution in [-0.2, 0) is 15.0 Å². The van der Waals surface area contributed by atoms with Gasteiger partial charge in [0.05, 0.1) is 5.41 Å². The number of carbonyl (C=O) groups is 2. The standard InChI is InChI=1S/C18H22FN3O2/c1-12(23)21-6-8-22(9-7-21)17(24)18(2,3)15-11-20-16-10-13(19)4-5-14(15)16/h4-5,10-11,20H,6-9H2,1-3H3. The van der Waals surface area contributed by atoms with Crippen LogP contribution in [0.5, 0.6) is 0 Å². The zero-order chi connectivity index (χ0) is 17.5. The Balaban J connectivity index is 1.84. The van der Waals surface area contributed by atoms with Crippen molar-refractivity contribution in [3.8, 4) is 0 Å². The van der Waals surface area contributed by atoms with Gasteiger partial charge in [0.2, 0.25) is 11.8 Å². The lowest BCUT2D eigenvalue weighted by molar-refractivity contribution is -0.141. The highest BCUT2D eigenvalue weighted by Crippen LogP contribution is 2.32. The molecule has 3 rings (SSSR count). The second-order valence-corrected chi connectivity index (χ2v) is 6.82. The maximum atomic E-state index is 13.4. The molecule has 1 aliphatic rings. The van der Waals surface area contributed by atoms with Gasteiger partial charge in [-0.05, 0) is 37.6 Å². The van der Waals surface area contributed by atoms with Gasteiger partial charge < -0.3 is 14.8 Å². The Hall–Kier alpha value is -2.37. The van der Waals surface area contributed by atoms with Crippen molar-refractivity contribution in [1.29, 1.82) is 0 Å². The van der Waals surface area contributed by atoms with Gasteiger partial charge >= 0.3 is 0 Å². The summed E-state index contributed by atoms with van der Waals surface area (Å²) in [4.78, 5) is 31.1. The first-order chi connectivity index (χ1) is 11.3. The topological polar surface area (TPSA) is 56.4 Å². The molecule has 1 fully saturated rings. The molecule has 0 aliphatic carbocycles. The molecule has 0 radical (unpaired) electrons. The first-order valence-corrected chi connectivity index (χ1v) is 8.12. The third kappa shape index (κ3) is 2.77. The monoisotopic (exact) mass is 331 g/mol. The zero-order valence-corrected chi connectivity index (χ0v) is 14.2. The number of amides is 2. The molecule has 1 aliphatic heterocycles. The van der Waals surface area contributed by atoms with E-state index < -0.39 is 5.41 Å². The minimum atomic E-state index is -0.728. The summed E-state index contributed by atoms with van der Waals surface area (Å²) >= 11 is 0. The third-order valence-corrected chi connectivity index (χ3v) is 4.86. The van der Waals surface area contributed by atoms with Gasteiger partial charge in [0.25, 0.3) is 0 Å². The van der Waals surface area contributed by atoms with Gasteiger partial charge in [0, 0.05) is 50.2 Å². The van der Waals surface area contributed by atoms with Gasteiger partial charge in [0.1, 0.15) is 5.82 Å². The fourth-order valence-electron chi connectivity index (χ4n) is 3.35. The van der Waals surface area contributed by atoms with Crippen molar-refractivity contribution in [2.24, 2.45) is 0 Å². The van der Waals surface area contributed by atoms with Gasteiger partial charge in [-0.2, -0.15) is 0 Å². The van der Waals surface area contributed by atoms with Crippen LogP contribution in [0.1, 0.15) is 26.3 Å². The van der Waals surface area contributed by atoms with Crippen molar-refractivity contribution in [2.45, 2.75) is 26.2 Å². The number of aromatic amines is 1. The summed E-state index contributed by atoms with van der Waals surface area (Å²) in [6.45, 7) is 7.54. The molecule has 1 aromatic carbocycles. The fourth-order valence-corrected chi connectivity index (χ4v) is 3.35. The Labute approximate surface area is 140 Å². The number of H-pyrrole nitrogens is 1. The van der Waals surface area contributed by atoms with E-state index in [4.69, 9.17) is 0 Å². The Kier molecular flexibility index (Phi) is 4.07. The molecule has 5 nitrogen and oxygen atoms in total. The molecular formula is C18H22FN3O2. The quantitative estimate of drug-likeness (QED) is 0.918. The minimum absolute atomic E-state index is 0.0240. The van der Waals surface area contributed by atoms with E-state index in [9.17, 15) is 14.0 Å². The van der Waals surface area contributed by atoms with Crippen LogP contribution in [0, 0.1) is 5.82 Å². The van der Waals surface area contributed by atoms with Crippen LogP contribution >= 0.6 is 0 Å². The average Bonchev–Trinajstić information content (AvgIpc) is 2.97. The number of aromatic nitrogens is 1. The molecule has 1 N–H and O–H groups in total.